The number of nitrogens with one attached hydrogen (secondary N) is 3. The summed E-state index contributed by atoms with van der Waals surface area (Å²) in [6.07, 6.45) is 1.35. The number of aliphatic hydroxyl groups excluding tert-OH is 1. The minimum Gasteiger partial charge on any atom is -0.506 e. The number of hydrogen-bond acceptors (Lipinski definition) is 11. The van der Waals surface area contributed by atoms with Gasteiger partial charge in [0.15, 0.2) is 0 Å². The minimum absolute atomic E-state index is 0.0811. The van der Waals surface area contributed by atoms with E-state index in [1.54, 1.807) is 78.9 Å². The SMILES string of the molecule is COc1cc(C(=O)NCCCOc2cccc(C(O)(C(=O)OCC3CCN(Cc4ccccc4)CC3)c3ccccc3)c2)ccc1CNC[C@H](O)c1ccc(O)c2[nH]c(=O)ccc12. The van der Waals surface area contributed by atoms with Crippen LogP contribution in [0.1, 0.15) is 63.5 Å². The second kappa shape index (κ2) is 21.0. The van der Waals surface area contributed by atoms with Crippen LogP contribution in [0.25, 0.3) is 10.9 Å². The van der Waals surface area contributed by atoms with Gasteiger partial charge in [-0.25, -0.2) is 4.79 Å². The Morgan fingerprint density at radius 1 is 0.889 bits per heavy atom. The highest BCUT2D eigenvalue weighted by molar-refractivity contribution is 5.94. The third kappa shape index (κ3) is 11.1. The molecule has 2 heterocycles. The van der Waals surface area contributed by atoms with Gasteiger partial charge in [0, 0.05) is 54.3 Å². The van der Waals surface area contributed by atoms with E-state index in [-0.39, 0.29) is 48.4 Å². The fraction of sp³-hybridized carbons (Fsp3) is 0.300. The lowest BCUT2D eigenvalue weighted by Crippen LogP contribution is -2.40. The van der Waals surface area contributed by atoms with Gasteiger partial charge in [0.05, 0.1) is 31.9 Å². The number of carbonyl (C=O) groups excluding carboxylic acids is 2. The Bertz CT molecular complexity index is 2530. The van der Waals surface area contributed by atoms with E-state index in [9.17, 15) is 29.7 Å². The van der Waals surface area contributed by atoms with E-state index in [2.05, 4.69) is 44.8 Å². The van der Waals surface area contributed by atoms with E-state index >= 15 is 0 Å². The number of H-pyrrole nitrogens is 1. The number of fused-ring (bicyclic) bond motifs is 1. The first-order chi connectivity index (χ1) is 30.6. The van der Waals surface area contributed by atoms with Crippen molar-refractivity contribution in [2.75, 3.05) is 46.5 Å². The fourth-order valence-electron chi connectivity index (χ4n) is 7.94. The summed E-state index contributed by atoms with van der Waals surface area (Å²) in [7, 11) is 1.52. The Kier molecular flexibility index (Phi) is 14.9. The van der Waals surface area contributed by atoms with Gasteiger partial charge in [0.25, 0.3) is 5.91 Å². The summed E-state index contributed by atoms with van der Waals surface area (Å²) >= 11 is 0. The van der Waals surface area contributed by atoms with Crippen LogP contribution in [0.15, 0.2) is 132 Å². The van der Waals surface area contributed by atoms with Gasteiger partial charge in [-0.2, -0.15) is 0 Å². The van der Waals surface area contributed by atoms with E-state index in [0.29, 0.717) is 58.6 Å². The molecular weight excluding hydrogens is 801 g/mol. The van der Waals surface area contributed by atoms with Crippen molar-refractivity contribution in [2.24, 2.45) is 5.92 Å². The number of pyridine rings is 1. The van der Waals surface area contributed by atoms with Gasteiger partial charge in [-0.05, 0) is 91.4 Å². The number of methoxy groups -OCH3 is 1. The lowest BCUT2D eigenvalue weighted by molar-refractivity contribution is -0.164. The predicted molar refractivity (Wildman–Crippen MR) is 240 cm³/mol. The van der Waals surface area contributed by atoms with Gasteiger partial charge in [0.2, 0.25) is 11.2 Å². The number of phenolic OH excluding ortho intramolecular Hbond substituents is 1. The van der Waals surface area contributed by atoms with Crippen molar-refractivity contribution < 1.29 is 39.1 Å². The molecule has 0 aliphatic carbocycles. The molecule has 6 aromatic rings. The molecular formula is C50H54N4O9. The molecule has 0 bridgehead atoms. The van der Waals surface area contributed by atoms with Crippen molar-refractivity contribution in [3.8, 4) is 17.2 Å². The van der Waals surface area contributed by atoms with Gasteiger partial charge in [-0.1, -0.05) is 84.9 Å². The zero-order valence-corrected chi connectivity index (χ0v) is 35.3. The van der Waals surface area contributed by atoms with Crippen LogP contribution in [0.5, 0.6) is 17.2 Å². The van der Waals surface area contributed by atoms with E-state index < -0.39 is 17.7 Å². The van der Waals surface area contributed by atoms with Crippen molar-refractivity contribution in [1.82, 2.24) is 20.5 Å². The van der Waals surface area contributed by atoms with Crippen LogP contribution in [0.3, 0.4) is 0 Å². The van der Waals surface area contributed by atoms with Crippen LogP contribution < -0.4 is 25.7 Å². The molecule has 0 radical (unpaired) electrons. The summed E-state index contributed by atoms with van der Waals surface area (Å²) < 4.78 is 17.5. The smallest absolute Gasteiger partial charge is 0.347 e. The number of esters is 1. The molecule has 13 heteroatoms. The number of aliphatic hydroxyl groups is 2. The van der Waals surface area contributed by atoms with Crippen LogP contribution in [0.2, 0.25) is 0 Å². The third-order valence-corrected chi connectivity index (χ3v) is 11.5. The lowest BCUT2D eigenvalue weighted by Gasteiger charge is -2.33. The monoisotopic (exact) mass is 854 g/mol. The number of benzene rings is 5. The summed E-state index contributed by atoms with van der Waals surface area (Å²) in [5.41, 5.74) is 1.60. The molecule has 1 unspecified atom stereocenters. The van der Waals surface area contributed by atoms with Crippen LogP contribution in [0.4, 0.5) is 0 Å². The maximum Gasteiger partial charge on any atom is 0.347 e. The molecule has 1 aliphatic heterocycles. The summed E-state index contributed by atoms with van der Waals surface area (Å²) in [5, 5.41) is 39.9. The third-order valence-electron chi connectivity index (χ3n) is 11.5. The summed E-state index contributed by atoms with van der Waals surface area (Å²) in [4.78, 5) is 43.7. The predicted octanol–water partition coefficient (Wildman–Crippen LogP) is 5.96. The molecule has 2 atom stereocenters. The van der Waals surface area contributed by atoms with Crippen LogP contribution >= 0.6 is 0 Å². The number of carbonyl (C=O) groups is 2. The van der Waals surface area contributed by atoms with E-state index in [1.165, 1.54) is 24.8 Å². The van der Waals surface area contributed by atoms with Gasteiger partial charge in [-0.3, -0.25) is 14.5 Å². The van der Waals surface area contributed by atoms with E-state index in [0.717, 1.165) is 38.0 Å². The number of rotatable bonds is 19. The van der Waals surface area contributed by atoms with Gasteiger partial charge in [-0.15, -0.1) is 0 Å². The van der Waals surface area contributed by atoms with Crippen LogP contribution in [-0.2, 0) is 28.2 Å². The number of piperidine rings is 1. The molecule has 1 aliphatic rings. The normalized spacial score (nSPS) is 14.7. The molecule has 328 valence electrons. The molecule has 1 saturated heterocycles. The van der Waals surface area contributed by atoms with Crippen molar-refractivity contribution in [3.63, 3.8) is 0 Å². The van der Waals surface area contributed by atoms with Crippen LogP contribution in [-0.4, -0.2) is 83.6 Å². The molecule has 7 rings (SSSR count). The first kappa shape index (κ1) is 44.5. The largest absolute Gasteiger partial charge is 0.506 e. The minimum atomic E-state index is -2.05. The molecule has 0 saturated carbocycles. The highest BCUT2D eigenvalue weighted by Gasteiger charge is 2.42. The average molecular weight is 855 g/mol. The summed E-state index contributed by atoms with van der Waals surface area (Å²) in [6.45, 7) is 4.04. The lowest BCUT2D eigenvalue weighted by atomic mass is 9.86. The molecule has 1 amide bonds. The molecule has 6 N–H and O–H groups in total. The number of aromatic amines is 1. The zero-order valence-electron chi connectivity index (χ0n) is 35.3. The van der Waals surface area contributed by atoms with Crippen molar-refractivity contribution in [1.29, 1.82) is 0 Å². The first-order valence-electron chi connectivity index (χ1n) is 21.3. The molecule has 0 spiro atoms. The number of ether oxygens (including phenoxy) is 3. The number of amides is 1. The Morgan fingerprint density at radius 3 is 2.40 bits per heavy atom. The second-order valence-electron chi connectivity index (χ2n) is 15.8. The highest BCUT2D eigenvalue weighted by Crippen LogP contribution is 2.34. The summed E-state index contributed by atoms with van der Waals surface area (Å²) in [6, 6.07) is 37.1. The maximum atomic E-state index is 13.8. The van der Waals surface area contributed by atoms with Gasteiger partial charge >= 0.3 is 5.97 Å². The number of phenols is 1. The van der Waals surface area contributed by atoms with E-state index in [1.807, 2.05) is 12.1 Å². The zero-order chi connectivity index (χ0) is 44.2. The standard InChI is InChI=1S/C50H54N4O9/c1-61-45-28-36(16-17-37(45)30-51-31-44(56)41-18-20-43(55)47-42(41)19-21-46(57)53-47)48(58)52-24-9-27-62-40-15-8-14-39(29-40)50(60,38-12-6-3-7-13-38)49(59)63-33-35-22-25-54(26-23-35)32-34-10-4-2-5-11-34/h2-8,10-21,28-29,35,44,51,55-56,60H,9,22-27,30-33H2,1H3,(H,52,58)(H,53,57)/t44-,50?/m0/s1. The molecule has 1 aromatic heterocycles. The Labute approximate surface area is 366 Å². The average Bonchev–Trinajstić information content (AvgIpc) is 3.31. The van der Waals surface area contributed by atoms with Crippen molar-refractivity contribution >= 4 is 22.8 Å². The Balaban J connectivity index is 0.880. The molecule has 13 nitrogen and oxygen atoms in total. The van der Waals surface area contributed by atoms with Crippen LogP contribution in [0, 0.1) is 5.92 Å². The quantitative estimate of drug-likeness (QED) is 0.0418. The topological polar surface area (TPSA) is 183 Å². The highest BCUT2D eigenvalue weighted by atomic mass is 16.6. The molecule has 5 aromatic carbocycles. The first-order valence-corrected chi connectivity index (χ1v) is 21.3. The van der Waals surface area contributed by atoms with Gasteiger partial charge < -0.3 is 45.1 Å². The second-order valence-corrected chi connectivity index (χ2v) is 15.8. The summed E-state index contributed by atoms with van der Waals surface area (Å²) in [5.74, 6) is 0.0538. The number of aromatic nitrogens is 1. The van der Waals surface area contributed by atoms with Crippen molar-refractivity contribution in [3.05, 3.63) is 171 Å². The number of nitrogens with zero attached hydrogens (tertiary/aromatic N) is 1. The van der Waals surface area contributed by atoms with Gasteiger partial charge in [0.1, 0.15) is 17.2 Å². The molecule has 1 fully saturated rings. The van der Waals surface area contributed by atoms with E-state index in [4.69, 9.17) is 14.2 Å². The number of likely N-dealkylation sites (tertiary alicyclic amines) is 1. The maximum absolute atomic E-state index is 13.8. The van der Waals surface area contributed by atoms with Crippen molar-refractivity contribution in [2.45, 2.75) is 44.1 Å². The fourth-order valence-corrected chi connectivity index (χ4v) is 7.94. The number of hydrogen-bond donors (Lipinski definition) is 6. The molecule has 63 heavy (non-hydrogen) atoms. The Morgan fingerprint density at radius 2 is 1.63 bits per heavy atom. The number of aromatic hydroxyl groups is 1. The Hall–Kier alpha value is -6.51.